The van der Waals surface area contributed by atoms with Gasteiger partial charge in [-0.25, -0.2) is 4.98 Å². The van der Waals surface area contributed by atoms with E-state index in [9.17, 15) is 10.1 Å². The van der Waals surface area contributed by atoms with E-state index in [2.05, 4.69) is 16.4 Å². The van der Waals surface area contributed by atoms with Gasteiger partial charge < -0.3 is 14.8 Å². The fourth-order valence-electron chi connectivity index (χ4n) is 3.87. The van der Waals surface area contributed by atoms with Crippen molar-refractivity contribution in [2.75, 3.05) is 6.61 Å². The van der Waals surface area contributed by atoms with E-state index in [4.69, 9.17) is 9.47 Å². The molecule has 2 atom stereocenters. The second-order valence-corrected chi connectivity index (χ2v) is 9.17. The van der Waals surface area contributed by atoms with Crippen molar-refractivity contribution < 1.29 is 14.3 Å². The first-order chi connectivity index (χ1) is 16.7. The van der Waals surface area contributed by atoms with E-state index < -0.39 is 5.60 Å². The number of aromatic nitrogens is 1. The molecular weight excluding hydrogens is 438 g/mol. The van der Waals surface area contributed by atoms with Gasteiger partial charge in [-0.05, 0) is 82.0 Å². The molecule has 1 heterocycles. The Morgan fingerprint density at radius 1 is 1.14 bits per heavy atom. The second-order valence-electron chi connectivity index (χ2n) is 9.17. The third-order valence-corrected chi connectivity index (χ3v) is 5.89. The summed E-state index contributed by atoms with van der Waals surface area (Å²) in [5.41, 5.74) is 2.59. The second kappa shape index (κ2) is 11.5. The van der Waals surface area contributed by atoms with Crippen molar-refractivity contribution in [2.24, 2.45) is 0 Å². The van der Waals surface area contributed by atoms with Crippen molar-refractivity contribution in [3.05, 3.63) is 89.1 Å². The van der Waals surface area contributed by atoms with Crippen molar-refractivity contribution in [2.45, 2.75) is 58.6 Å². The molecule has 0 aliphatic carbocycles. The van der Waals surface area contributed by atoms with Crippen molar-refractivity contribution in [1.82, 2.24) is 10.3 Å². The Hall–Kier alpha value is -3.85. The van der Waals surface area contributed by atoms with Crippen LogP contribution >= 0.6 is 0 Å². The third kappa shape index (κ3) is 7.07. The van der Waals surface area contributed by atoms with E-state index in [0.717, 1.165) is 22.4 Å². The lowest BCUT2D eigenvalue weighted by molar-refractivity contribution is -0.135. The fourth-order valence-corrected chi connectivity index (χ4v) is 3.87. The minimum atomic E-state index is -1.12. The molecule has 35 heavy (non-hydrogen) atoms. The molecule has 182 valence electrons. The average Bonchev–Trinajstić information content (AvgIpc) is 2.85. The smallest absolute Gasteiger partial charge is 0.263 e. The quantitative estimate of drug-likeness (QED) is 0.431. The van der Waals surface area contributed by atoms with E-state index in [-0.39, 0.29) is 17.9 Å². The van der Waals surface area contributed by atoms with Crippen LogP contribution in [-0.4, -0.2) is 29.1 Å². The number of hydrogen-bond donors (Lipinski definition) is 1. The van der Waals surface area contributed by atoms with Crippen LogP contribution in [0.15, 0.2) is 66.9 Å². The molecule has 0 unspecified atom stereocenters. The topological polar surface area (TPSA) is 84.2 Å². The first kappa shape index (κ1) is 25.8. The molecule has 0 aliphatic rings. The zero-order valence-corrected chi connectivity index (χ0v) is 21.0. The van der Waals surface area contributed by atoms with Crippen molar-refractivity contribution in [3.8, 4) is 17.7 Å². The molecule has 1 aromatic heterocycles. The number of hydrogen-bond acceptors (Lipinski definition) is 5. The Morgan fingerprint density at radius 3 is 2.51 bits per heavy atom. The Kier molecular flexibility index (Phi) is 8.48. The summed E-state index contributed by atoms with van der Waals surface area (Å²) in [6.07, 6.45) is 2.39. The van der Waals surface area contributed by atoms with E-state index >= 15 is 0 Å². The Morgan fingerprint density at radius 2 is 1.89 bits per heavy atom. The highest BCUT2D eigenvalue weighted by Crippen LogP contribution is 2.27. The Labute approximate surface area is 207 Å². The summed E-state index contributed by atoms with van der Waals surface area (Å²) < 4.78 is 11.5. The normalized spacial score (nSPS) is 12.8. The molecule has 0 spiro atoms. The number of pyridine rings is 1. The molecule has 1 amide bonds. The molecule has 0 saturated heterocycles. The van der Waals surface area contributed by atoms with Gasteiger partial charge in [0.25, 0.3) is 5.91 Å². The summed E-state index contributed by atoms with van der Waals surface area (Å²) in [4.78, 5) is 17.5. The average molecular weight is 472 g/mol. The lowest BCUT2D eigenvalue weighted by Gasteiger charge is -2.30. The maximum absolute atomic E-state index is 13.2. The summed E-state index contributed by atoms with van der Waals surface area (Å²) in [5.74, 6) is 0.930. The largest absolute Gasteiger partial charge is 0.494 e. The SMILES string of the molecule is CCOc1ccc(C[C@@H](c2cccc(C#N)c2)[C@H](C)NC(=O)C(C)(C)Oc2ccc(C)cn2)cc1. The molecule has 0 bridgehead atoms. The van der Waals surface area contributed by atoms with Gasteiger partial charge in [0.15, 0.2) is 5.60 Å². The molecule has 1 N–H and O–H groups in total. The van der Waals surface area contributed by atoms with Gasteiger partial charge in [0.1, 0.15) is 5.75 Å². The molecule has 6 nitrogen and oxygen atoms in total. The summed E-state index contributed by atoms with van der Waals surface area (Å²) in [5, 5.41) is 12.5. The number of carbonyl (C=O) groups excluding carboxylic acids is 1. The molecule has 0 aliphatic heterocycles. The summed E-state index contributed by atoms with van der Waals surface area (Å²) in [7, 11) is 0. The number of benzene rings is 2. The van der Waals surface area contributed by atoms with Crippen molar-refractivity contribution in [3.63, 3.8) is 0 Å². The maximum Gasteiger partial charge on any atom is 0.263 e. The first-order valence-electron chi connectivity index (χ1n) is 11.9. The minimum absolute atomic E-state index is 0.0570. The van der Waals surface area contributed by atoms with Crippen LogP contribution in [0.1, 0.15) is 55.9 Å². The summed E-state index contributed by atoms with van der Waals surface area (Å²) >= 11 is 0. The van der Waals surface area contributed by atoms with Crippen LogP contribution in [-0.2, 0) is 11.2 Å². The van der Waals surface area contributed by atoms with Crippen LogP contribution < -0.4 is 14.8 Å². The van der Waals surface area contributed by atoms with Crippen LogP contribution in [0.4, 0.5) is 0 Å². The molecule has 0 saturated carbocycles. The minimum Gasteiger partial charge on any atom is -0.494 e. The van der Waals surface area contributed by atoms with E-state index in [1.807, 2.05) is 69.3 Å². The summed E-state index contributed by atoms with van der Waals surface area (Å²) in [6.45, 7) is 9.96. The first-order valence-corrected chi connectivity index (χ1v) is 11.9. The van der Waals surface area contributed by atoms with Crippen LogP contribution in [0, 0.1) is 18.3 Å². The van der Waals surface area contributed by atoms with E-state index in [0.29, 0.717) is 24.5 Å². The summed E-state index contributed by atoms with van der Waals surface area (Å²) in [6, 6.07) is 21.2. The number of aryl methyl sites for hydroxylation is 1. The molecule has 0 radical (unpaired) electrons. The van der Waals surface area contributed by atoms with E-state index in [1.54, 1.807) is 32.2 Å². The molecule has 3 rings (SSSR count). The van der Waals surface area contributed by atoms with Crippen LogP contribution in [0.2, 0.25) is 0 Å². The lowest BCUT2D eigenvalue weighted by Crippen LogP contribution is -2.51. The van der Waals surface area contributed by atoms with Gasteiger partial charge in [0.2, 0.25) is 5.88 Å². The number of carbonyl (C=O) groups is 1. The number of rotatable bonds is 10. The monoisotopic (exact) mass is 471 g/mol. The Bertz CT molecular complexity index is 1170. The zero-order chi connectivity index (χ0) is 25.4. The molecular formula is C29H33N3O3. The van der Waals surface area contributed by atoms with Crippen LogP contribution in [0.5, 0.6) is 11.6 Å². The predicted octanol–water partition coefficient (Wildman–Crippen LogP) is 5.35. The highest BCUT2D eigenvalue weighted by molar-refractivity contribution is 5.85. The number of nitrogens with one attached hydrogen (secondary N) is 1. The van der Waals surface area contributed by atoms with E-state index in [1.165, 1.54) is 0 Å². The number of amides is 1. The van der Waals surface area contributed by atoms with Crippen molar-refractivity contribution in [1.29, 1.82) is 5.26 Å². The number of ether oxygens (including phenoxy) is 2. The molecule has 0 fully saturated rings. The lowest BCUT2D eigenvalue weighted by atomic mass is 9.85. The maximum atomic E-state index is 13.2. The van der Waals surface area contributed by atoms with Crippen molar-refractivity contribution >= 4 is 5.91 Å². The third-order valence-electron chi connectivity index (χ3n) is 5.89. The van der Waals surface area contributed by atoms with Gasteiger partial charge in [-0.1, -0.05) is 30.3 Å². The highest BCUT2D eigenvalue weighted by Gasteiger charge is 2.33. The van der Waals surface area contributed by atoms with Gasteiger partial charge in [-0.2, -0.15) is 5.26 Å². The zero-order valence-electron chi connectivity index (χ0n) is 21.0. The van der Waals surface area contributed by atoms with Crippen LogP contribution in [0.3, 0.4) is 0 Å². The highest BCUT2D eigenvalue weighted by atomic mass is 16.5. The van der Waals surface area contributed by atoms with Gasteiger partial charge in [0.05, 0.1) is 18.2 Å². The molecule has 3 aromatic rings. The van der Waals surface area contributed by atoms with Gasteiger partial charge in [0, 0.05) is 24.2 Å². The van der Waals surface area contributed by atoms with Gasteiger partial charge in [-0.3, -0.25) is 4.79 Å². The number of nitriles is 1. The fraction of sp³-hybridized carbons (Fsp3) is 0.345. The number of nitrogens with zero attached hydrogens (tertiary/aromatic N) is 2. The van der Waals surface area contributed by atoms with Crippen LogP contribution in [0.25, 0.3) is 0 Å². The predicted molar refractivity (Wildman–Crippen MR) is 136 cm³/mol. The molecule has 2 aromatic carbocycles. The molecule has 6 heteroatoms. The standard InChI is InChI=1S/C29H33N3O3/c1-6-34-25-13-11-22(12-14-25)17-26(24-9-7-8-23(16-24)18-30)21(3)32-28(33)29(4,5)35-27-15-10-20(2)19-31-27/h7-16,19,21,26H,6,17H2,1-5H3,(H,32,33)/t21-,26+/m0/s1. The Balaban J connectivity index is 1.80. The van der Waals surface area contributed by atoms with Gasteiger partial charge in [-0.15, -0.1) is 0 Å². The van der Waals surface area contributed by atoms with Gasteiger partial charge >= 0.3 is 0 Å².